The van der Waals surface area contributed by atoms with Crippen LogP contribution in [0, 0.1) is 0 Å². The predicted molar refractivity (Wildman–Crippen MR) is 110 cm³/mol. The van der Waals surface area contributed by atoms with Crippen molar-refractivity contribution in [3.05, 3.63) is 54.9 Å². The largest absolute Gasteiger partial charge is 0.471 e. The van der Waals surface area contributed by atoms with Crippen LogP contribution in [0.2, 0.25) is 0 Å². The molecule has 3 aromatic rings. The molecule has 4 rings (SSSR count). The molecular weight excluding hydrogens is 354 g/mol. The van der Waals surface area contributed by atoms with Crippen molar-refractivity contribution in [1.82, 2.24) is 14.9 Å². The number of nitrogens with one attached hydrogen (secondary N) is 1. The molecule has 1 aromatic heterocycles. The molecule has 1 aliphatic rings. The number of rotatable bonds is 4. The Kier molecular flexibility index (Phi) is 4.97. The summed E-state index contributed by atoms with van der Waals surface area (Å²) in [6.07, 6.45) is 3.96. The number of likely N-dealkylation sites (tertiary alicyclic amines) is 1. The number of nitrogens with zero attached hydrogens (tertiary/aromatic N) is 4. The summed E-state index contributed by atoms with van der Waals surface area (Å²) >= 11 is 0. The van der Waals surface area contributed by atoms with E-state index in [-0.39, 0.29) is 12.1 Å². The van der Waals surface area contributed by atoms with Crippen LogP contribution in [0.25, 0.3) is 10.8 Å². The third-order valence-electron chi connectivity index (χ3n) is 4.81. The van der Waals surface area contributed by atoms with E-state index in [9.17, 15) is 4.79 Å². The molecule has 0 saturated carbocycles. The zero-order valence-corrected chi connectivity index (χ0v) is 16.0. The zero-order valence-electron chi connectivity index (χ0n) is 16.0. The standard InChI is InChI=1S/C21H23N5O2/c1-25(2)19-12-22-13-20(24-19)28-16-10-11-26(14-16)21(27)23-18-9-5-7-15-6-3-4-8-17(15)18/h3-9,12-13,16H,10-11,14H2,1-2H3,(H,23,27). The average Bonchev–Trinajstić information content (AvgIpc) is 3.17. The van der Waals surface area contributed by atoms with Crippen LogP contribution in [0.15, 0.2) is 54.9 Å². The molecule has 2 heterocycles. The molecule has 1 atom stereocenters. The minimum Gasteiger partial charge on any atom is -0.471 e. The van der Waals surface area contributed by atoms with Crippen LogP contribution in [0.1, 0.15) is 6.42 Å². The Morgan fingerprint density at radius 2 is 2.00 bits per heavy atom. The van der Waals surface area contributed by atoms with E-state index in [4.69, 9.17) is 4.74 Å². The van der Waals surface area contributed by atoms with Crippen molar-refractivity contribution in [2.45, 2.75) is 12.5 Å². The molecule has 1 unspecified atom stereocenters. The van der Waals surface area contributed by atoms with E-state index in [0.29, 0.717) is 19.0 Å². The Labute approximate surface area is 164 Å². The first-order valence-corrected chi connectivity index (χ1v) is 9.30. The van der Waals surface area contributed by atoms with Crippen molar-refractivity contribution in [2.24, 2.45) is 0 Å². The van der Waals surface area contributed by atoms with Crippen LogP contribution in [-0.2, 0) is 0 Å². The van der Waals surface area contributed by atoms with Crippen LogP contribution in [0.3, 0.4) is 0 Å². The minimum atomic E-state index is -0.115. The van der Waals surface area contributed by atoms with Crippen LogP contribution in [0.4, 0.5) is 16.3 Å². The normalized spacial score (nSPS) is 16.2. The Balaban J connectivity index is 1.40. The third kappa shape index (κ3) is 3.83. The summed E-state index contributed by atoms with van der Waals surface area (Å²) in [5.74, 6) is 1.22. The van der Waals surface area contributed by atoms with Gasteiger partial charge >= 0.3 is 6.03 Å². The first kappa shape index (κ1) is 18.0. The van der Waals surface area contributed by atoms with E-state index >= 15 is 0 Å². The second kappa shape index (κ2) is 7.72. The molecule has 1 N–H and O–H groups in total. The second-order valence-corrected chi connectivity index (χ2v) is 7.04. The maximum atomic E-state index is 12.7. The van der Waals surface area contributed by atoms with Gasteiger partial charge in [-0.2, -0.15) is 4.98 Å². The fourth-order valence-corrected chi connectivity index (χ4v) is 3.32. The molecule has 0 aliphatic carbocycles. The topological polar surface area (TPSA) is 70.6 Å². The maximum Gasteiger partial charge on any atom is 0.321 e. The highest BCUT2D eigenvalue weighted by Crippen LogP contribution is 2.24. The highest BCUT2D eigenvalue weighted by Gasteiger charge is 2.28. The Bertz CT molecular complexity index is 986. The minimum absolute atomic E-state index is 0.0926. The summed E-state index contributed by atoms with van der Waals surface area (Å²) in [6, 6.07) is 13.8. The fraction of sp³-hybridized carbons (Fsp3) is 0.286. The van der Waals surface area contributed by atoms with Crippen molar-refractivity contribution in [3.63, 3.8) is 0 Å². The lowest BCUT2D eigenvalue weighted by molar-refractivity contribution is 0.189. The number of fused-ring (bicyclic) bond motifs is 1. The Hall–Kier alpha value is -3.35. The van der Waals surface area contributed by atoms with Gasteiger partial charge in [-0.1, -0.05) is 36.4 Å². The molecule has 2 aromatic carbocycles. The summed E-state index contributed by atoms with van der Waals surface area (Å²) < 4.78 is 5.95. The summed E-state index contributed by atoms with van der Waals surface area (Å²) in [4.78, 5) is 25.0. The molecule has 0 radical (unpaired) electrons. The molecule has 0 bridgehead atoms. The summed E-state index contributed by atoms with van der Waals surface area (Å²) in [5, 5.41) is 5.16. The van der Waals surface area contributed by atoms with Crippen molar-refractivity contribution in [1.29, 1.82) is 0 Å². The summed E-state index contributed by atoms with van der Waals surface area (Å²) in [5.41, 5.74) is 0.817. The number of ether oxygens (including phenoxy) is 1. The van der Waals surface area contributed by atoms with Gasteiger partial charge in [-0.25, -0.2) is 4.79 Å². The van der Waals surface area contributed by atoms with E-state index in [1.165, 1.54) is 0 Å². The smallest absolute Gasteiger partial charge is 0.321 e. The van der Waals surface area contributed by atoms with Gasteiger partial charge in [0.2, 0.25) is 5.88 Å². The molecular formula is C21H23N5O2. The summed E-state index contributed by atoms with van der Waals surface area (Å²) in [7, 11) is 3.81. The van der Waals surface area contributed by atoms with Gasteiger partial charge in [0, 0.05) is 32.4 Å². The number of urea groups is 1. The molecule has 2 amide bonds. The number of hydrogen-bond acceptors (Lipinski definition) is 5. The molecule has 1 saturated heterocycles. The van der Waals surface area contributed by atoms with E-state index in [1.54, 1.807) is 17.3 Å². The monoisotopic (exact) mass is 377 g/mol. The summed E-state index contributed by atoms with van der Waals surface area (Å²) in [6.45, 7) is 1.16. The SMILES string of the molecule is CN(C)c1cncc(OC2CCN(C(=O)Nc3cccc4ccccc34)C2)n1. The molecule has 7 heteroatoms. The van der Waals surface area contributed by atoms with Crippen molar-refractivity contribution < 1.29 is 9.53 Å². The van der Waals surface area contributed by atoms with E-state index in [1.807, 2.05) is 61.5 Å². The van der Waals surface area contributed by atoms with Gasteiger partial charge in [-0.15, -0.1) is 0 Å². The highest BCUT2D eigenvalue weighted by molar-refractivity contribution is 6.01. The van der Waals surface area contributed by atoms with Gasteiger partial charge in [-0.05, 0) is 11.5 Å². The van der Waals surface area contributed by atoms with Crippen LogP contribution < -0.4 is 15.0 Å². The number of carbonyl (C=O) groups is 1. The molecule has 28 heavy (non-hydrogen) atoms. The third-order valence-corrected chi connectivity index (χ3v) is 4.81. The first-order chi connectivity index (χ1) is 13.6. The van der Waals surface area contributed by atoms with E-state index < -0.39 is 0 Å². The van der Waals surface area contributed by atoms with Crippen LogP contribution in [0.5, 0.6) is 5.88 Å². The van der Waals surface area contributed by atoms with Crippen molar-refractivity contribution in [2.75, 3.05) is 37.4 Å². The number of carbonyl (C=O) groups excluding carboxylic acids is 1. The zero-order chi connectivity index (χ0) is 19.5. The molecule has 1 aliphatic heterocycles. The predicted octanol–water partition coefficient (Wildman–Crippen LogP) is 3.38. The maximum absolute atomic E-state index is 12.7. The number of amides is 2. The number of benzene rings is 2. The van der Waals surface area contributed by atoms with Crippen LogP contribution in [-0.4, -0.2) is 54.2 Å². The quantitative estimate of drug-likeness (QED) is 0.755. The van der Waals surface area contributed by atoms with Gasteiger partial charge in [0.05, 0.1) is 24.6 Å². The Morgan fingerprint density at radius 1 is 1.18 bits per heavy atom. The Morgan fingerprint density at radius 3 is 2.86 bits per heavy atom. The number of aromatic nitrogens is 2. The van der Waals surface area contributed by atoms with Crippen molar-refractivity contribution in [3.8, 4) is 5.88 Å². The van der Waals surface area contributed by atoms with Gasteiger partial charge < -0.3 is 19.9 Å². The highest BCUT2D eigenvalue weighted by atomic mass is 16.5. The first-order valence-electron chi connectivity index (χ1n) is 9.30. The molecule has 1 fully saturated rings. The average molecular weight is 377 g/mol. The van der Waals surface area contributed by atoms with E-state index in [2.05, 4.69) is 15.3 Å². The van der Waals surface area contributed by atoms with Gasteiger partial charge in [0.25, 0.3) is 0 Å². The molecule has 0 spiro atoms. The van der Waals surface area contributed by atoms with E-state index in [0.717, 1.165) is 28.7 Å². The molecule has 144 valence electrons. The van der Waals surface area contributed by atoms with Gasteiger partial charge in [0.1, 0.15) is 6.10 Å². The lowest BCUT2D eigenvalue weighted by atomic mass is 10.1. The second-order valence-electron chi connectivity index (χ2n) is 7.04. The van der Waals surface area contributed by atoms with Crippen molar-refractivity contribution >= 4 is 28.3 Å². The number of hydrogen-bond donors (Lipinski definition) is 1. The lowest BCUT2D eigenvalue weighted by Gasteiger charge is -2.19. The lowest BCUT2D eigenvalue weighted by Crippen LogP contribution is -2.34. The molecule has 7 nitrogen and oxygen atoms in total. The fourth-order valence-electron chi connectivity index (χ4n) is 3.32. The van der Waals surface area contributed by atoms with Crippen LogP contribution >= 0.6 is 0 Å². The van der Waals surface area contributed by atoms with Gasteiger partial charge in [0.15, 0.2) is 5.82 Å². The van der Waals surface area contributed by atoms with Gasteiger partial charge in [-0.3, -0.25) is 4.98 Å². The number of anilines is 2.